The minimum atomic E-state index is -0.941. The molecule has 0 atom stereocenters. The van der Waals surface area contributed by atoms with E-state index in [1.807, 2.05) is 6.07 Å². The second-order valence-electron chi connectivity index (χ2n) is 5.68. The fraction of sp³-hybridized carbons (Fsp3) is 0.0500. The Labute approximate surface area is 159 Å². The highest BCUT2D eigenvalue weighted by Crippen LogP contribution is 2.20. The number of ether oxygens (including phenoxy) is 1. The molecule has 8 heteroatoms. The maximum absolute atomic E-state index is 13.5. The van der Waals surface area contributed by atoms with E-state index < -0.39 is 17.6 Å². The van der Waals surface area contributed by atoms with Gasteiger partial charge in [0.05, 0.1) is 11.1 Å². The lowest BCUT2D eigenvalue weighted by Crippen LogP contribution is -2.15. The molecule has 0 fully saturated rings. The number of nitrogens with zero attached hydrogens (tertiary/aromatic N) is 1. The molecule has 3 aromatic rings. The number of nitrogens with one attached hydrogen (secondary N) is 1. The number of para-hydroxylation sites is 1. The predicted molar refractivity (Wildman–Crippen MR) is 97.1 cm³/mol. The van der Waals surface area contributed by atoms with Crippen molar-refractivity contribution in [2.24, 2.45) is 5.73 Å². The molecule has 0 saturated heterocycles. The van der Waals surface area contributed by atoms with E-state index in [1.165, 1.54) is 12.1 Å². The first-order chi connectivity index (χ1) is 13.5. The molecule has 0 bridgehead atoms. The van der Waals surface area contributed by atoms with Gasteiger partial charge in [0.1, 0.15) is 30.0 Å². The van der Waals surface area contributed by atoms with Gasteiger partial charge in [-0.15, -0.1) is 0 Å². The van der Waals surface area contributed by atoms with E-state index in [4.69, 9.17) is 20.1 Å². The maximum Gasteiger partial charge on any atom is 0.291 e. The molecule has 0 saturated carbocycles. The Hall–Kier alpha value is -4.12. The first-order valence-electron chi connectivity index (χ1n) is 8.09. The van der Waals surface area contributed by atoms with Crippen molar-refractivity contribution in [1.29, 1.82) is 5.26 Å². The van der Waals surface area contributed by atoms with Crippen molar-refractivity contribution < 1.29 is 23.1 Å². The summed E-state index contributed by atoms with van der Waals surface area (Å²) in [6.45, 7) is 0.0222. The van der Waals surface area contributed by atoms with Crippen molar-refractivity contribution in [2.75, 3.05) is 5.32 Å². The lowest BCUT2D eigenvalue weighted by Gasteiger charge is -2.06. The quantitative estimate of drug-likeness (QED) is 0.682. The summed E-state index contributed by atoms with van der Waals surface area (Å²) < 4.78 is 24.5. The second-order valence-corrected chi connectivity index (χ2v) is 5.68. The number of hydrogen-bond acceptors (Lipinski definition) is 5. The fourth-order valence-electron chi connectivity index (χ4n) is 2.40. The van der Waals surface area contributed by atoms with Crippen LogP contribution >= 0.6 is 0 Å². The Bertz CT molecular complexity index is 1090. The number of carbonyl (C=O) groups excluding carboxylic acids is 2. The van der Waals surface area contributed by atoms with Crippen molar-refractivity contribution in [3.63, 3.8) is 0 Å². The molecule has 0 aliphatic rings. The molecule has 0 spiro atoms. The number of hydrogen-bond donors (Lipinski definition) is 2. The van der Waals surface area contributed by atoms with Gasteiger partial charge in [0, 0.05) is 5.69 Å². The Morgan fingerprint density at radius 3 is 2.71 bits per heavy atom. The Morgan fingerprint density at radius 2 is 1.96 bits per heavy atom. The number of rotatable bonds is 6. The van der Waals surface area contributed by atoms with Crippen LogP contribution in [0.5, 0.6) is 5.75 Å². The average Bonchev–Trinajstić information content (AvgIpc) is 3.17. The van der Waals surface area contributed by atoms with E-state index in [0.717, 1.165) is 12.1 Å². The molecule has 7 nitrogen and oxygen atoms in total. The Kier molecular flexibility index (Phi) is 5.37. The van der Waals surface area contributed by atoms with Crippen molar-refractivity contribution in [1.82, 2.24) is 0 Å². The van der Waals surface area contributed by atoms with Crippen molar-refractivity contribution in [3.8, 4) is 11.8 Å². The van der Waals surface area contributed by atoms with Crippen molar-refractivity contribution in [2.45, 2.75) is 6.61 Å². The summed E-state index contributed by atoms with van der Waals surface area (Å²) in [6, 6.07) is 15.2. The molecular formula is C20H14FN3O4. The third-order valence-electron chi connectivity index (χ3n) is 3.75. The molecule has 0 aliphatic heterocycles. The standard InChI is InChI=1S/C20H14FN3O4/c21-16-7-5-13(9-15(16)19(23)25)24-20(26)18-8-6-14(28-18)11-27-17-4-2-1-3-12(17)10-22/h1-9H,11H2,(H2,23,25)(H,24,26). The van der Waals surface area contributed by atoms with Gasteiger partial charge in [-0.25, -0.2) is 4.39 Å². The molecule has 3 N–H and O–H groups in total. The highest BCUT2D eigenvalue weighted by atomic mass is 19.1. The van der Waals surface area contributed by atoms with Crippen LogP contribution in [-0.4, -0.2) is 11.8 Å². The zero-order valence-electron chi connectivity index (χ0n) is 14.4. The van der Waals surface area contributed by atoms with Gasteiger partial charge in [0.25, 0.3) is 11.8 Å². The molecule has 2 aromatic carbocycles. The van der Waals surface area contributed by atoms with E-state index in [9.17, 15) is 14.0 Å². The molecule has 1 heterocycles. The van der Waals surface area contributed by atoms with Crippen molar-refractivity contribution in [3.05, 3.63) is 83.1 Å². The molecular weight excluding hydrogens is 365 g/mol. The number of amides is 2. The number of benzene rings is 2. The lowest BCUT2D eigenvalue weighted by molar-refractivity contribution is 0.0984. The van der Waals surface area contributed by atoms with E-state index >= 15 is 0 Å². The van der Waals surface area contributed by atoms with Crippen molar-refractivity contribution >= 4 is 17.5 Å². The summed E-state index contributed by atoms with van der Waals surface area (Å²) in [5.74, 6) is -1.54. The van der Waals surface area contributed by atoms with Gasteiger partial charge in [-0.05, 0) is 42.5 Å². The van der Waals surface area contributed by atoms with Crippen LogP contribution in [0.15, 0.2) is 59.0 Å². The van der Waals surface area contributed by atoms with Gasteiger partial charge in [0.15, 0.2) is 5.76 Å². The highest BCUT2D eigenvalue weighted by molar-refractivity contribution is 6.03. The number of primary amides is 1. The first-order valence-corrected chi connectivity index (χ1v) is 8.09. The molecule has 140 valence electrons. The summed E-state index contributed by atoms with van der Waals surface area (Å²) in [7, 11) is 0. The summed E-state index contributed by atoms with van der Waals surface area (Å²) in [6.07, 6.45) is 0. The summed E-state index contributed by atoms with van der Waals surface area (Å²) in [5, 5.41) is 11.5. The largest absolute Gasteiger partial charge is 0.484 e. The zero-order valence-corrected chi connectivity index (χ0v) is 14.4. The van der Waals surface area contributed by atoms with E-state index in [0.29, 0.717) is 17.1 Å². The van der Waals surface area contributed by atoms with Gasteiger partial charge in [-0.1, -0.05) is 12.1 Å². The van der Waals surface area contributed by atoms with Gasteiger partial charge < -0.3 is 20.2 Å². The average molecular weight is 379 g/mol. The third-order valence-corrected chi connectivity index (χ3v) is 3.75. The predicted octanol–water partition coefficient (Wildman–Crippen LogP) is 3.22. The minimum absolute atomic E-state index is 0.00267. The number of furan rings is 1. The normalized spacial score (nSPS) is 10.1. The topological polar surface area (TPSA) is 118 Å². The Balaban J connectivity index is 1.67. The molecule has 0 radical (unpaired) electrons. The molecule has 0 unspecified atom stereocenters. The van der Waals surface area contributed by atoms with Gasteiger partial charge in [0.2, 0.25) is 0 Å². The van der Waals surface area contributed by atoms with Crippen LogP contribution in [0.25, 0.3) is 0 Å². The van der Waals surface area contributed by atoms with Crippen LogP contribution in [-0.2, 0) is 6.61 Å². The van der Waals surface area contributed by atoms with E-state index in [1.54, 1.807) is 30.3 Å². The smallest absolute Gasteiger partial charge is 0.291 e. The van der Waals surface area contributed by atoms with Crippen LogP contribution in [0.2, 0.25) is 0 Å². The minimum Gasteiger partial charge on any atom is -0.484 e. The van der Waals surface area contributed by atoms with Crippen LogP contribution in [0.4, 0.5) is 10.1 Å². The Morgan fingerprint density at radius 1 is 1.18 bits per heavy atom. The van der Waals surface area contributed by atoms with E-state index in [-0.39, 0.29) is 23.6 Å². The van der Waals surface area contributed by atoms with Gasteiger partial charge in [-0.2, -0.15) is 5.26 Å². The molecule has 0 aliphatic carbocycles. The molecule has 3 rings (SSSR count). The highest BCUT2D eigenvalue weighted by Gasteiger charge is 2.15. The van der Waals surface area contributed by atoms with Crippen LogP contribution in [0.3, 0.4) is 0 Å². The van der Waals surface area contributed by atoms with Crippen LogP contribution in [0, 0.1) is 17.1 Å². The fourth-order valence-corrected chi connectivity index (χ4v) is 2.40. The molecule has 1 aromatic heterocycles. The number of carbonyl (C=O) groups is 2. The zero-order chi connectivity index (χ0) is 20.1. The number of anilines is 1. The molecule has 28 heavy (non-hydrogen) atoms. The number of nitrogens with two attached hydrogens (primary N) is 1. The first kappa shape index (κ1) is 18.7. The van der Waals surface area contributed by atoms with Gasteiger partial charge >= 0.3 is 0 Å². The van der Waals surface area contributed by atoms with E-state index in [2.05, 4.69) is 5.32 Å². The number of halogens is 1. The van der Waals surface area contributed by atoms with Gasteiger partial charge in [-0.3, -0.25) is 9.59 Å². The molecule has 2 amide bonds. The summed E-state index contributed by atoms with van der Waals surface area (Å²) >= 11 is 0. The maximum atomic E-state index is 13.5. The lowest BCUT2D eigenvalue weighted by atomic mass is 10.1. The number of nitriles is 1. The monoisotopic (exact) mass is 379 g/mol. The summed E-state index contributed by atoms with van der Waals surface area (Å²) in [5.41, 5.74) is 5.33. The van der Waals surface area contributed by atoms with Crippen LogP contribution < -0.4 is 15.8 Å². The SMILES string of the molecule is N#Cc1ccccc1OCc1ccc(C(=O)Nc2ccc(F)c(C(N)=O)c2)o1. The van der Waals surface area contributed by atoms with Crippen LogP contribution in [0.1, 0.15) is 32.2 Å². The third kappa shape index (κ3) is 4.16. The second kappa shape index (κ2) is 8.05. The summed E-state index contributed by atoms with van der Waals surface area (Å²) in [4.78, 5) is 23.5.